The molecule has 0 saturated carbocycles. The summed E-state index contributed by atoms with van der Waals surface area (Å²) in [7, 11) is 0. The molecule has 11 heavy (non-hydrogen) atoms. The molecule has 0 amide bonds. The molecule has 0 fully saturated rings. The highest BCUT2D eigenvalue weighted by Crippen LogP contribution is 2.01. The maximum Gasteiger partial charge on any atom is 0.0730 e. The number of carboxylic acids is 1. The van der Waals surface area contributed by atoms with Crippen LogP contribution in [0.15, 0.2) is 18.3 Å². The standard InChI is InChI=1S/C7H6ClNO2/c8-3-6-2-1-5(4-9-6)7(10)11/h1-2,4H,3H2,(H,10,11)/p-1. The first kappa shape index (κ1) is 8.01. The summed E-state index contributed by atoms with van der Waals surface area (Å²) in [5.74, 6) is -0.938. The van der Waals surface area contributed by atoms with Gasteiger partial charge in [-0.3, -0.25) is 4.98 Å². The number of halogens is 1. The number of carbonyl (C=O) groups is 1. The van der Waals surface area contributed by atoms with Crippen LogP contribution in [0.4, 0.5) is 0 Å². The van der Waals surface area contributed by atoms with Gasteiger partial charge in [-0.2, -0.15) is 0 Å². The van der Waals surface area contributed by atoms with Crippen LogP contribution in [0.25, 0.3) is 0 Å². The van der Waals surface area contributed by atoms with E-state index in [1.54, 1.807) is 6.07 Å². The second kappa shape index (κ2) is 3.34. The van der Waals surface area contributed by atoms with Crippen molar-refractivity contribution in [2.75, 3.05) is 0 Å². The highest BCUT2D eigenvalue weighted by atomic mass is 35.5. The average molecular weight is 171 g/mol. The van der Waals surface area contributed by atoms with Gasteiger partial charge in [0.25, 0.3) is 0 Å². The Morgan fingerprint density at radius 1 is 1.64 bits per heavy atom. The Morgan fingerprint density at radius 2 is 2.36 bits per heavy atom. The van der Waals surface area contributed by atoms with Gasteiger partial charge in [0.15, 0.2) is 0 Å². The highest BCUT2D eigenvalue weighted by molar-refractivity contribution is 6.16. The van der Waals surface area contributed by atoms with E-state index in [1.165, 1.54) is 12.3 Å². The Kier molecular flexibility index (Phi) is 2.44. The summed E-state index contributed by atoms with van der Waals surface area (Å²) in [5.41, 5.74) is 0.718. The molecular weight excluding hydrogens is 166 g/mol. The number of hydrogen-bond donors (Lipinski definition) is 0. The minimum Gasteiger partial charge on any atom is -0.545 e. The third kappa shape index (κ3) is 1.91. The first-order valence-corrected chi connectivity index (χ1v) is 3.49. The lowest BCUT2D eigenvalue weighted by atomic mass is 10.2. The quantitative estimate of drug-likeness (QED) is 0.596. The number of aromatic carboxylic acids is 1. The van der Waals surface area contributed by atoms with E-state index in [4.69, 9.17) is 11.6 Å². The van der Waals surface area contributed by atoms with Crippen LogP contribution >= 0.6 is 11.6 Å². The summed E-state index contributed by atoms with van der Waals surface area (Å²) in [6.07, 6.45) is 1.23. The smallest absolute Gasteiger partial charge is 0.0730 e. The number of pyridine rings is 1. The summed E-state index contributed by atoms with van der Waals surface area (Å²) in [6.45, 7) is 0. The Morgan fingerprint density at radius 3 is 2.73 bits per heavy atom. The molecule has 0 aliphatic carbocycles. The molecule has 1 aromatic heterocycles. The fourth-order valence-corrected chi connectivity index (χ4v) is 0.782. The molecule has 1 rings (SSSR count). The van der Waals surface area contributed by atoms with E-state index >= 15 is 0 Å². The molecule has 0 aliphatic rings. The molecule has 0 aliphatic heterocycles. The van der Waals surface area contributed by atoms with Gasteiger partial charge >= 0.3 is 0 Å². The largest absolute Gasteiger partial charge is 0.545 e. The van der Waals surface area contributed by atoms with Crippen molar-refractivity contribution < 1.29 is 9.90 Å². The Bertz CT molecular complexity index is 258. The fourth-order valence-electron chi connectivity index (χ4n) is 0.624. The zero-order valence-electron chi connectivity index (χ0n) is 5.58. The van der Waals surface area contributed by atoms with Gasteiger partial charge in [-0.05, 0) is 12.1 Å². The van der Waals surface area contributed by atoms with Crippen LogP contribution in [0.5, 0.6) is 0 Å². The first-order valence-electron chi connectivity index (χ1n) is 2.96. The first-order chi connectivity index (χ1) is 5.24. The molecule has 58 valence electrons. The van der Waals surface area contributed by atoms with Crippen LogP contribution in [0, 0.1) is 0 Å². The second-order valence-electron chi connectivity index (χ2n) is 1.96. The Labute approximate surface area is 68.6 Å². The lowest BCUT2D eigenvalue weighted by molar-refractivity contribution is -0.255. The summed E-state index contributed by atoms with van der Waals surface area (Å²) >= 11 is 5.43. The lowest BCUT2D eigenvalue weighted by Gasteiger charge is -2.00. The summed E-state index contributed by atoms with van der Waals surface area (Å²) in [5, 5.41) is 10.2. The van der Waals surface area contributed by atoms with Crippen molar-refractivity contribution in [2.45, 2.75) is 5.88 Å². The van der Waals surface area contributed by atoms with E-state index in [-0.39, 0.29) is 11.4 Å². The van der Waals surface area contributed by atoms with E-state index in [0.717, 1.165) is 0 Å². The van der Waals surface area contributed by atoms with Gasteiger partial charge in [-0.15, -0.1) is 11.6 Å². The zero-order valence-corrected chi connectivity index (χ0v) is 6.34. The number of nitrogens with zero attached hydrogens (tertiary/aromatic N) is 1. The topological polar surface area (TPSA) is 53.0 Å². The Balaban J connectivity index is 2.91. The number of rotatable bonds is 2. The van der Waals surface area contributed by atoms with E-state index in [0.29, 0.717) is 5.69 Å². The molecule has 0 atom stereocenters. The van der Waals surface area contributed by atoms with Crippen molar-refractivity contribution >= 4 is 17.6 Å². The molecule has 0 aromatic carbocycles. The maximum atomic E-state index is 10.2. The molecule has 3 nitrogen and oxygen atoms in total. The highest BCUT2D eigenvalue weighted by Gasteiger charge is 1.93. The third-order valence-corrected chi connectivity index (χ3v) is 1.47. The van der Waals surface area contributed by atoms with E-state index in [9.17, 15) is 9.90 Å². The van der Waals surface area contributed by atoms with Crippen molar-refractivity contribution in [3.8, 4) is 0 Å². The van der Waals surface area contributed by atoms with Crippen LogP contribution < -0.4 is 5.11 Å². The zero-order chi connectivity index (χ0) is 8.27. The van der Waals surface area contributed by atoms with Crippen molar-refractivity contribution in [1.29, 1.82) is 0 Å². The monoisotopic (exact) mass is 170 g/mol. The summed E-state index contributed by atoms with van der Waals surface area (Å²) in [6, 6.07) is 2.97. The average Bonchev–Trinajstić information content (AvgIpc) is 2.05. The van der Waals surface area contributed by atoms with Gasteiger partial charge in [0, 0.05) is 11.8 Å². The molecular formula is C7H5ClNO2-. The molecule has 0 bridgehead atoms. The molecule has 0 spiro atoms. The molecule has 0 N–H and O–H groups in total. The lowest BCUT2D eigenvalue weighted by Crippen LogP contribution is -2.22. The van der Waals surface area contributed by atoms with Crippen molar-refractivity contribution in [2.24, 2.45) is 0 Å². The molecule has 4 heteroatoms. The van der Waals surface area contributed by atoms with Gasteiger partial charge in [-0.1, -0.05) is 0 Å². The summed E-state index contributed by atoms with van der Waals surface area (Å²) in [4.78, 5) is 14.0. The van der Waals surface area contributed by atoms with Crippen molar-refractivity contribution in [3.05, 3.63) is 29.6 Å². The van der Waals surface area contributed by atoms with Gasteiger partial charge in [0.05, 0.1) is 17.5 Å². The van der Waals surface area contributed by atoms with Gasteiger partial charge in [0.2, 0.25) is 0 Å². The number of carboxylic acid groups (broad SMARTS) is 1. The van der Waals surface area contributed by atoms with E-state index in [1.807, 2.05) is 0 Å². The molecule has 1 aromatic rings. The SMILES string of the molecule is O=C([O-])c1ccc(CCl)nc1. The van der Waals surface area contributed by atoms with Crippen LogP contribution in [0.1, 0.15) is 16.1 Å². The predicted octanol–water partition coefficient (Wildman–Crippen LogP) is 0.184. The van der Waals surface area contributed by atoms with Crippen molar-refractivity contribution in [1.82, 2.24) is 4.98 Å². The third-order valence-electron chi connectivity index (χ3n) is 1.20. The van der Waals surface area contributed by atoms with Crippen LogP contribution in [-0.2, 0) is 5.88 Å². The van der Waals surface area contributed by atoms with Crippen molar-refractivity contribution in [3.63, 3.8) is 0 Å². The second-order valence-corrected chi connectivity index (χ2v) is 2.23. The maximum absolute atomic E-state index is 10.2. The normalized spacial score (nSPS) is 9.55. The number of carbonyl (C=O) groups excluding carboxylic acids is 1. The van der Waals surface area contributed by atoms with Gasteiger partial charge in [0.1, 0.15) is 0 Å². The van der Waals surface area contributed by atoms with Crippen LogP contribution in [0.3, 0.4) is 0 Å². The van der Waals surface area contributed by atoms with Gasteiger partial charge in [-0.25, -0.2) is 0 Å². The Hall–Kier alpha value is -1.09. The minimum absolute atomic E-state index is 0.0684. The van der Waals surface area contributed by atoms with Crippen LogP contribution in [0.2, 0.25) is 0 Å². The minimum atomic E-state index is -1.22. The number of hydrogen-bond acceptors (Lipinski definition) is 3. The fraction of sp³-hybridized carbons (Fsp3) is 0.143. The van der Waals surface area contributed by atoms with Gasteiger partial charge < -0.3 is 9.90 Å². The van der Waals surface area contributed by atoms with E-state index < -0.39 is 5.97 Å². The van der Waals surface area contributed by atoms with Crippen LogP contribution in [-0.4, -0.2) is 11.0 Å². The predicted molar refractivity (Wildman–Crippen MR) is 38.1 cm³/mol. The number of aromatic nitrogens is 1. The molecule has 0 saturated heterocycles. The molecule has 0 radical (unpaired) electrons. The molecule has 0 unspecified atom stereocenters. The number of alkyl halides is 1. The van der Waals surface area contributed by atoms with E-state index in [2.05, 4.69) is 4.98 Å². The molecule has 1 heterocycles. The summed E-state index contributed by atoms with van der Waals surface area (Å²) < 4.78 is 0.